The Labute approximate surface area is 290 Å². The molecule has 12 heteroatoms. The van der Waals surface area contributed by atoms with E-state index in [0.29, 0.717) is 12.8 Å². The summed E-state index contributed by atoms with van der Waals surface area (Å²) in [5.41, 5.74) is 0. The predicted octanol–water partition coefficient (Wildman–Crippen LogP) is 6.06. The van der Waals surface area contributed by atoms with Gasteiger partial charge in [0.2, 0.25) is 0 Å². The quantitative estimate of drug-likeness (QED) is 0.0610. The van der Waals surface area contributed by atoms with Crippen molar-refractivity contribution in [1.82, 2.24) is 0 Å². The van der Waals surface area contributed by atoms with Gasteiger partial charge >= 0.3 is 91.3 Å². The van der Waals surface area contributed by atoms with Crippen LogP contribution in [0.1, 0.15) is 155 Å². The molecule has 0 spiro atoms. The van der Waals surface area contributed by atoms with Crippen LogP contribution in [0.4, 0.5) is 0 Å². The zero-order chi connectivity index (χ0) is 28.5. The molecule has 0 aliphatic rings. The van der Waals surface area contributed by atoms with E-state index in [4.69, 9.17) is 0 Å². The topological polar surface area (TPSA) is 121 Å². The van der Waals surface area contributed by atoms with Gasteiger partial charge in [-0.1, -0.05) is 129 Å². The number of hydrogen-bond acceptors (Lipinski definition) is 8. The number of carbonyl (C=O) groups is 2. The van der Waals surface area contributed by atoms with E-state index in [1.165, 1.54) is 64.2 Å². The van der Waals surface area contributed by atoms with Crippen LogP contribution < -0.4 is 0 Å². The van der Waals surface area contributed by atoms with E-state index in [1.54, 1.807) is 0 Å². The number of hydrogen-bond donors (Lipinski definition) is 0. The minimum atomic E-state index is -4.02. The molecule has 0 aromatic heterocycles. The average molecular weight is 631 g/mol. The Hall–Kier alpha value is 0.840. The van der Waals surface area contributed by atoms with Crippen LogP contribution in [-0.4, -0.2) is 99.4 Å². The predicted molar refractivity (Wildman–Crippen MR) is 167 cm³/mol. The number of rotatable bonds is 27. The van der Waals surface area contributed by atoms with Gasteiger partial charge in [0.15, 0.2) is 0 Å². The maximum atomic E-state index is 12.0. The first kappa shape index (κ1) is 45.3. The molecule has 8 nitrogen and oxygen atoms in total. The third-order valence-electron chi connectivity index (χ3n) is 6.47. The summed E-state index contributed by atoms with van der Waals surface area (Å²) in [6, 6.07) is 0. The molecule has 0 saturated carbocycles. The second-order valence-corrected chi connectivity index (χ2v) is 13.7. The van der Waals surface area contributed by atoms with Gasteiger partial charge in [0.25, 0.3) is 0 Å². The molecule has 0 aromatic rings. The van der Waals surface area contributed by atoms with Crippen LogP contribution in [-0.2, 0) is 38.2 Å². The minimum absolute atomic E-state index is 0. The summed E-state index contributed by atoms with van der Waals surface area (Å²) < 4.78 is 56.9. The van der Waals surface area contributed by atoms with Gasteiger partial charge in [0.05, 0.1) is 24.3 Å². The third kappa shape index (κ3) is 31.8. The van der Waals surface area contributed by atoms with Crippen LogP contribution >= 0.6 is 0 Å². The average Bonchev–Trinajstić information content (AvgIpc) is 2.84. The van der Waals surface area contributed by atoms with Gasteiger partial charge in [-0.05, 0) is 12.8 Å². The Balaban J connectivity index is -0.00000684. The summed E-state index contributed by atoms with van der Waals surface area (Å²) in [7, 11) is -8.04. The normalized spacial score (nSPS) is 11.3. The Kier molecular flexibility index (Phi) is 33.8. The van der Waals surface area contributed by atoms with Gasteiger partial charge in [-0.15, -0.1) is 0 Å². The van der Waals surface area contributed by atoms with Crippen molar-refractivity contribution in [2.45, 2.75) is 155 Å². The van der Waals surface area contributed by atoms with E-state index in [9.17, 15) is 26.4 Å². The van der Waals surface area contributed by atoms with Crippen LogP contribution in [0.5, 0.6) is 0 Å². The van der Waals surface area contributed by atoms with Gasteiger partial charge in [-0.2, -0.15) is 16.8 Å². The van der Waals surface area contributed by atoms with Crippen molar-refractivity contribution in [3.8, 4) is 0 Å². The van der Waals surface area contributed by atoms with Crippen LogP contribution in [0.3, 0.4) is 0 Å². The number of unbranched alkanes of at least 4 members (excludes halogenated alkanes) is 18. The molecule has 0 saturated heterocycles. The molecular weight excluding hydrogens is 574 g/mol. The molecule has 0 aromatic carbocycles. The van der Waals surface area contributed by atoms with Crippen LogP contribution in [0, 0.1) is 0 Å². The summed E-state index contributed by atoms with van der Waals surface area (Å²) in [5, 5.41) is 0. The second kappa shape index (κ2) is 29.9. The van der Waals surface area contributed by atoms with Crippen molar-refractivity contribution in [2.24, 2.45) is 0 Å². The third-order valence-corrected chi connectivity index (χ3v) is 8.93. The van der Waals surface area contributed by atoms with E-state index in [2.05, 4.69) is 22.2 Å². The van der Waals surface area contributed by atoms with E-state index in [-0.39, 0.29) is 70.6 Å². The molecule has 0 fully saturated rings. The molecule has 0 rings (SSSR count). The fraction of sp³-hybridized carbons (Fsp3) is 0.929. The van der Waals surface area contributed by atoms with E-state index >= 15 is 0 Å². The van der Waals surface area contributed by atoms with Crippen molar-refractivity contribution in [3.63, 3.8) is 0 Å². The molecule has 0 aliphatic heterocycles. The fourth-order valence-corrected chi connectivity index (χ4v) is 6.20. The van der Waals surface area contributed by atoms with Gasteiger partial charge in [-0.3, -0.25) is 9.59 Å². The van der Waals surface area contributed by atoms with Gasteiger partial charge in [0.1, 0.15) is 0 Å². The summed E-state index contributed by atoms with van der Waals surface area (Å²) >= 11 is 0. The Morgan fingerprint density at radius 2 is 0.650 bits per heavy atom. The monoisotopic (exact) mass is 630 g/mol. The zero-order valence-electron chi connectivity index (χ0n) is 24.1. The van der Waals surface area contributed by atoms with Crippen molar-refractivity contribution < 1.29 is 34.8 Å². The molecule has 0 N–H and O–H groups in total. The summed E-state index contributed by atoms with van der Waals surface area (Å²) in [5.74, 6) is -2.68. The first-order chi connectivity index (χ1) is 18.1. The van der Waals surface area contributed by atoms with Gasteiger partial charge in [0, 0.05) is 0 Å². The van der Waals surface area contributed by atoms with Crippen LogP contribution in [0.2, 0.25) is 0 Å². The van der Waals surface area contributed by atoms with E-state index in [0.717, 1.165) is 51.4 Å². The fourth-order valence-electron chi connectivity index (χ4n) is 4.19. The molecule has 0 bridgehead atoms. The van der Waals surface area contributed by atoms with Crippen LogP contribution in [0.25, 0.3) is 0 Å². The summed E-state index contributed by atoms with van der Waals surface area (Å²) in [6.45, 7) is 4.37. The van der Waals surface area contributed by atoms with Gasteiger partial charge in [-0.25, -0.2) is 0 Å². The molecule has 0 aliphatic carbocycles. The summed E-state index contributed by atoms with van der Waals surface area (Å²) in [6.07, 6.45) is 20.0. The second-order valence-electron chi connectivity index (χ2n) is 10.3. The van der Waals surface area contributed by atoms with E-state index < -0.39 is 45.0 Å². The first-order valence-corrected chi connectivity index (χ1v) is 18.2. The van der Waals surface area contributed by atoms with Crippen molar-refractivity contribution in [1.29, 1.82) is 0 Å². The molecule has 0 heterocycles. The number of carbonyl (C=O) groups excluding carboxylic acids is 2. The van der Waals surface area contributed by atoms with Crippen LogP contribution in [0.15, 0.2) is 0 Å². The molecule has 230 valence electrons. The van der Waals surface area contributed by atoms with Crippen molar-refractivity contribution in [3.05, 3.63) is 0 Å². The van der Waals surface area contributed by atoms with Gasteiger partial charge < -0.3 is 8.37 Å². The van der Waals surface area contributed by atoms with Crippen molar-refractivity contribution >= 4 is 91.3 Å². The first-order valence-electron chi connectivity index (χ1n) is 15.0. The Morgan fingerprint density at radius 3 is 0.900 bits per heavy atom. The summed E-state index contributed by atoms with van der Waals surface area (Å²) in [4.78, 5) is 23.6. The zero-order valence-corrected chi connectivity index (χ0v) is 25.7. The molecule has 0 amide bonds. The van der Waals surface area contributed by atoms with E-state index in [1.807, 2.05) is 0 Å². The molecule has 0 radical (unpaired) electrons. The molecule has 40 heavy (non-hydrogen) atoms. The maximum absolute atomic E-state index is 12.0. The Morgan fingerprint density at radius 1 is 0.425 bits per heavy atom. The molecule has 0 atom stereocenters. The molecular formula is C28H56Na2O8S2. The van der Waals surface area contributed by atoms with Crippen molar-refractivity contribution in [2.75, 3.05) is 11.5 Å². The Bertz CT molecular complexity index is 750. The standard InChI is InChI=1S/C28H54O8S2.2Na.2H/c1-3-5-7-9-11-13-15-17-19-21-25-37(31,32)35-27(29)23-24-28(30)36-38(33,34)26-22-20-18-16-14-12-10-8-6-4-2;;;;/h3-26H2,1-2H3;;;;. The SMILES string of the molecule is CCCCCCCCCCCCS(=O)(=O)OC(=O)CCC(=O)OS(=O)(=O)CCCCCCCCCCCC.[NaH].[NaH]. The molecule has 0 unspecified atom stereocenters.